The van der Waals surface area contributed by atoms with Gasteiger partial charge in [0.25, 0.3) is 6.71 Å². The van der Waals surface area contributed by atoms with Gasteiger partial charge >= 0.3 is 0 Å². The highest BCUT2D eigenvalue weighted by Crippen LogP contribution is 2.51. The van der Waals surface area contributed by atoms with Crippen LogP contribution < -0.4 is 25.5 Å². The van der Waals surface area contributed by atoms with Gasteiger partial charge in [-0.2, -0.15) is 0 Å². The third-order valence-electron chi connectivity index (χ3n) is 17.7. The Morgan fingerprint density at radius 1 is 0.380 bits per heavy atom. The molecule has 4 heteroatoms. The van der Waals surface area contributed by atoms with E-state index in [2.05, 4.69) is 291 Å². The maximum atomic E-state index is 2.64. The van der Waals surface area contributed by atoms with Crippen LogP contribution in [-0.2, 0) is 16.2 Å². The summed E-state index contributed by atoms with van der Waals surface area (Å²) >= 11 is 1.98. The molecule has 0 bridgehead atoms. The summed E-state index contributed by atoms with van der Waals surface area (Å²) in [6.45, 7) is 21.0. The molecule has 0 N–H and O–H groups in total. The molecule has 12 aromatic rings. The summed E-state index contributed by atoms with van der Waals surface area (Å²) < 4.78 is 2.70. The van der Waals surface area contributed by atoms with Crippen LogP contribution >= 0.6 is 11.3 Å². The molecule has 0 fully saturated rings. The van der Waals surface area contributed by atoms with Gasteiger partial charge in [-0.1, -0.05) is 220 Å². The Bertz CT molecular complexity index is 4360. The van der Waals surface area contributed by atoms with E-state index in [0.29, 0.717) is 0 Å². The van der Waals surface area contributed by atoms with Crippen LogP contribution in [0.15, 0.2) is 218 Å². The van der Waals surface area contributed by atoms with Crippen LogP contribution in [0.3, 0.4) is 0 Å². The predicted molar refractivity (Wildman–Crippen MR) is 345 cm³/mol. The number of benzene rings is 11. The highest BCUT2D eigenvalue weighted by molar-refractivity contribution is 7.33. The smallest absolute Gasteiger partial charge is 0.264 e. The second kappa shape index (κ2) is 18.2. The molecule has 0 unspecified atom stereocenters. The summed E-state index contributed by atoms with van der Waals surface area (Å²) in [6.07, 6.45) is 1.07. The molecule has 3 heterocycles. The predicted octanol–water partition coefficient (Wildman–Crippen LogP) is 19.7. The Balaban J connectivity index is 1.05. The van der Waals surface area contributed by atoms with Crippen molar-refractivity contribution in [3.8, 4) is 33.4 Å². The first-order valence-electron chi connectivity index (χ1n) is 28.3. The molecule has 1 aromatic heterocycles. The normalized spacial score (nSPS) is 13.4. The lowest BCUT2D eigenvalue weighted by Gasteiger charge is -2.43. The van der Waals surface area contributed by atoms with E-state index in [9.17, 15) is 0 Å². The maximum absolute atomic E-state index is 2.64. The van der Waals surface area contributed by atoms with Gasteiger partial charge in [-0.25, -0.2) is 0 Å². The van der Waals surface area contributed by atoms with Crippen molar-refractivity contribution >= 4 is 110 Å². The van der Waals surface area contributed by atoms with Gasteiger partial charge < -0.3 is 9.80 Å². The summed E-state index contributed by atoms with van der Waals surface area (Å²) in [5, 5.41) is 9.00. The van der Waals surface area contributed by atoms with Gasteiger partial charge in [0.2, 0.25) is 0 Å². The molecule has 0 saturated carbocycles. The van der Waals surface area contributed by atoms with Crippen LogP contribution in [0.1, 0.15) is 85.4 Å². The molecular formula is C75H65BN2S. The van der Waals surface area contributed by atoms with E-state index in [4.69, 9.17) is 0 Å². The van der Waals surface area contributed by atoms with Gasteiger partial charge in [0.1, 0.15) is 0 Å². The molecule has 384 valence electrons. The Morgan fingerprint density at radius 2 is 0.911 bits per heavy atom. The van der Waals surface area contributed by atoms with Crippen LogP contribution in [0.5, 0.6) is 0 Å². The van der Waals surface area contributed by atoms with Gasteiger partial charge in [-0.3, -0.25) is 0 Å². The Morgan fingerprint density at radius 3 is 1.56 bits per heavy atom. The van der Waals surface area contributed by atoms with Gasteiger partial charge in [-0.15, -0.1) is 11.3 Å². The lowest BCUT2D eigenvalue weighted by molar-refractivity contribution is 0.506. The summed E-state index contributed by atoms with van der Waals surface area (Å²) in [4.78, 5) is 5.25. The number of nitrogens with zero attached hydrogens (tertiary/aromatic N) is 2. The monoisotopic (exact) mass is 1040 g/mol. The highest BCUT2D eigenvalue weighted by Gasteiger charge is 2.46. The van der Waals surface area contributed by atoms with Gasteiger partial charge in [0.15, 0.2) is 0 Å². The third kappa shape index (κ3) is 7.96. The zero-order valence-corrected chi connectivity index (χ0v) is 47.7. The lowest BCUT2D eigenvalue weighted by Crippen LogP contribution is -2.60. The van der Waals surface area contributed by atoms with Crippen molar-refractivity contribution in [2.75, 3.05) is 9.80 Å². The van der Waals surface area contributed by atoms with Crippen molar-refractivity contribution in [1.29, 1.82) is 0 Å². The molecule has 0 saturated heterocycles. The van der Waals surface area contributed by atoms with Gasteiger partial charge in [0, 0.05) is 43.2 Å². The van der Waals surface area contributed by atoms with E-state index in [1.165, 1.54) is 137 Å². The number of fused-ring (bicyclic) bond motifs is 12. The largest absolute Gasteiger partial charge is 0.311 e. The Kier molecular flexibility index (Phi) is 11.3. The van der Waals surface area contributed by atoms with Crippen molar-refractivity contribution < 1.29 is 0 Å². The SMILES string of the molecule is CCC(C)(C)c1ccc(N2c3cccc4c3B(c3ccc(-c5ccc(-c6ccccc6)cc5)cc3N4c3ccc(C(C)(C)C)cc3-c3ccc4c5ccccc5c5ccccc5c4c3)c3sc4ccc(C(C)(C)C)cc4c32)cc1. The van der Waals surface area contributed by atoms with Crippen molar-refractivity contribution in [2.45, 2.75) is 85.0 Å². The topological polar surface area (TPSA) is 6.48 Å². The fraction of sp³-hybridized carbons (Fsp3) is 0.173. The molecule has 2 aliphatic rings. The van der Waals surface area contributed by atoms with Crippen LogP contribution in [0.4, 0.5) is 34.1 Å². The zero-order chi connectivity index (χ0) is 54.1. The number of hydrogen-bond donors (Lipinski definition) is 0. The molecule has 0 atom stereocenters. The molecule has 14 rings (SSSR count). The van der Waals surface area contributed by atoms with Crippen molar-refractivity contribution in [3.05, 3.63) is 235 Å². The summed E-state index contributed by atoms with van der Waals surface area (Å²) in [5.74, 6) is 0. The van der Waals surface area contributed by atoms with Gasteiger partial charge in [0.05, 0.1) is 11.4 Å². The van der Waals surface area contributed by atoms with E-state index in [1.807, 2.05) is 11.3 Å². The molecular weight excluding hydrogens is 972 g/mol. The standard InChI is InChI=1S/C75H65BN2S/c1-10-75(8,9)52-33-37-55(38-34-52)77-66-25-18-26-67-70(66)76(72-71(77)63-46-54(74(5,6)7)36-42-69(63)79-72)64-40-32-50(49-29-27-48(28-30-49)47-19-12-11-13-20-47)44-68(64)78(67)65-41-35-53(73(2,3)4)45-61(65)51-31-39-60-58-23-15-14-21-56(58)57-22-16-17-24-59(57)62(60)43-51/h11-46H,10H2,1-9H3. The summed E-state index contributed by atoms with van der Waals surface area (Å²) in [7, 11) is 0. The summed E-state index contributed by atoms with van der Waals surface area (Å²) in [6, 6.07) is 83.5. The molecule has 0 amide bonds. The first-order valence-corrected chi connectivity index (χ1v) is 29.1. The van der Waals surface area contributed by atoms with Crippen LogP contribution in [0, 0.1) is 0 Å². The van der Waals surface area contributed by atoms with E-state index in [1.54, 1.807) is 0 Å². The molecule has 2 aliphatic heterocycles. The molecule has 0 aliphatic carbocycles. The first-order chi connectivity index (χ1) is 38.1. The Hall–Kier alpha value is -8.18. The average molecular weight is 1040 g/mol. The number of rotatable bonds is 7. The molecule has 0 spiro atoms. The van der Waals surface area contributed by atoms with Crippen LogP contribution in [0.25, 0.3) is 75.8 Å². The molecule has 79 heavy (non-hydrogen) atoms. The maximum Gasteiger partial charge on any atom is 0.264 e. The quantitative estimate of drug-likeness (QED) is 0.116. The molecule has 2 nitrogen and oxygen atoms in total. The van der Waals surface area contributed by atoms with Crippen LogP contribution in [-0.4, -0.2) is 6.71 Å². The average Bonchev–Trinajstić information content (AvgIpc) is 4.11. The fourth-order valence-corrected chi connectivity index (χ4v) is 14.1. The zero-order valence-electron chi connectivity index (χ0n) is 46.9. The highest BCUT2D eigenvalue weighted by atomic mass is 32.1. The minimum atomic E-state index is -0.0876. The fourth-order valence-electron chi connectivity index (χ4n) is 12.8. The van der Waals surface area contributed by atoms with Crippen LogP contribution in [0.2, 0.25) is 0 Å². The van der Waals surface area contributed by atoms with Gasteiger partial charge in [-0.05, 0) is 171 Å². The minimum absolute atomic E-state index is 0.00963. The molecule has 11 aromatic carbocycles. The van der Waals surface area contributed by atoms with Crippen molar-refractivity contribution in [2.24, 2.45) is 0 Å². The first kappa shape index (κ1) is 49.1. The number of anilines is 6. The Labute approximate surface area is 470 Å². The lowest BCUT2D eigenvalue weighted by atomic mass is 9.36. The third-order valence-corrected chi connectivity index (χ3v) is 19.0. The van der Waals surface area contributed by atoms with E-state index in [0.717, 1.165) is 12.1 Å². The molecule has 0 radical (unpaired) electrons. The van der Waals surface area contributed by atoms with E-state index >= 15 is 0 Å². The summed E-state index contributed by atoms with van der Waals surface area (Å²) in [5.41, 5.74) is 21.2. The second-order valence-corrected chi connectivity index (χ2v) is 26.0. The van der Waals surface area contributed by atoms with Crippen molar-refractivity contribution in [1.82, 2.24) is 0 Å². The van der Waals surface area contributed by atoms with Crippen molar-refractivity contribution in [3.63, 3.8) is 0 Å². The van der Waals surface area contributed by atoms with E-state index < -0.39 is 0 Å². The van der Waals surface area contributed by atoms with E-state index in [-0.39, 0.29) is 23.0 Å². The minimum Gasteiger partial charge on any atom is -0.311 e. The number of thiophene rings is 1. The number of hydrogen-bond acceptors (Lipinski definition) is 3. The second-order valence-electron chi connectivity index (χ2n) is 24.9.